The van der Waals surface area contributed by atoms with Crippen LogP contribution in [0.15, 0.2) is 52.1 Å². The lowest BCUT2D eigenvalue weighted by Crippen LogP contribution is -2.42. The molecule has 0 bridgehead atoms. The van der Waals surface area contributed by atoms with Gasteiger partial charge in [-0.2, -0.15) is 0 Å². The average molecular weight is 438 g/mol. The summed E-state index contributed by atoms with van der Waals surface area (Å²) in [7, 11) is 0. The summed E-state index contributed by atoms with van der Waals surface area (Å²) in [5.41, 5.74) is 0.224. The van der Waals surface area contributed by atoms with Crippen LogP contribution in [0.25, 0.3) is 10.9 Å². The van der Waals surface area contributed by atoms with Crippen molar-refractivity contribution in [3.05, 3.63) is 74.7 Å². The zero-order valence-corrected chi connectivity index (χ0v) is 17.3. The van der Waals surface area contributed by atoms with E-state index >= 15 is 0 Å². The van der Waals surface area contributed by atoms with Crippen LogP contribution in [0.3, 0.4) is 0 Å². The molecule has 2 aromatic carbocycles. The maximum atomic E-state index is 13.5. The van der Waals surface area contributed by atoms with Gasteiger partial charge in [-0.3, -0.25) is 19.0 Å². The highest BCUT2D eigenvalue weighted by Crippen LogP contribution is 2.26. The van der Waals surface area contributed by atoms with Crippen molar-refractivity contribution in [1.29, 1.82) is 0 Å². The van der Waals surface area contributed by atoms with Crippen LogP contribution < -0.4 is 16.6 Å². The van der Waals surface area contributed by atoms with Crippen LogP contribution in [-0.2, 0) is 11.3 Å². The highest BCUT2D eigenvalue weighted by molar-refractivity contribution is 6.04. The fourth-order valence-corrected chi connectivity index (χ4v) is 4.20. The van der Waals surface area contributed by atoms with Crippen LogP contribution in [0.1, 0.15) is 23.2 Å². The first-order valence-corrected chi connectivity index (χ1v) is 10.5. The number of likely N-dealkylation sites (tertiary alicyclic amines) is 1. The minimum Gasteiger partial charge on any atom is -0.328 e. The lowest BCUT2D eigenvalue weighted by molar-refractivity contribution is -0.105. The van der Waals surface area contributed by atoms with Gasteiger partial charge in [-0.1, -0.05) is 12.1 Å². The Morgan fingerprint density at radius 3 is 2.62 bits per heavy atom. The molecule has 2 heterocycles. The van der Waals surface area contributed by atoms with Gasteiger partial charge in [-0.15, -0.1) is 0 Å². The van der Waals surface area contributed by atoms with Crippen LogP contribution in [0.2, 0.25) is 0 Å². The molecule has 4 rings (SSSR count). The molecule has 32 heavy (non-hydrogen) atoms. The predicted octanol–water partition coefficient (Wildman–Crippen LogP) is 1.99. The quantitative estimate of drug-likeness (QED) is 0.434. The van der Waals surface area contributed by atoms with Gasteiger partial charge in [0.05, 0.1) is 16.6 Å². The zero-order valence-electron chi connectivity index (χ0n) is 17.3. The number of nitrogens with one attached hydrogen (secondary N) is 2. The topological polar surface area (TPSA) is 104 Å². The lowest BCUT2D eigenvalue weighted by atomic mass is 9.88. The minimum absolute atomic E-state index is 0.129. The number of aromatic amines is 1. The molecule has 0 spiro atoms. The molecular formula is C23H23FN4O4. The summed E-state index contributed by atoms with van der Waals surface area (Å²) in [4.78, 5) is 53.5. The molecule has 3 aromatic rings. The molecule has 9 heteroatoms. The molecule has 0 radical (unpaired) electrons. The molecule has 1 amide bonds. The Bertz CT molecular complexity index is 1270. The fourth-order valence-electron chi connectivity index (χ4n) is 4.20. The molecule has 1 saturated heterocycles. The van der Waals surface area contributed by atoms with Crippen LogP contribution in [-0.4, -0.2) is 46.3 Å². The number of para-hydroxylation sites is 1. The van der Waals surface area contributed by atoms with Gasteiger partial charge in [0, 0.05) is 24.6 Å². The van der Waals surface area contributed by atoms with Gasteiger partial charge in [-0.25, -0.2) is 9.18 Å². The van der Waals surface area contributed by atoms with Crippen molar-refractivity contribution in [1.82, 2.24) is 14.5 Å². The Hall–Kier alpha value is -3.59. The van der Waals surface area contributed by atoms with E-state index in [1.807, 2.05) is 0 Å². The molecule has 0 atom stereocenters. The third kappa shape index (κ3) is 4.38. The van der Waals surface area contributed by atoms with Crippen molar-refractivity contribution >= 4 is 28.8 Å². The van der Waals surface area contributed by atoms with E-state index in [1.54, 1.807) is 24.3 Å². The molecule has 1 aliphatic heterocycles. The Morgan fingerprint density at radius 1 is 1.12 bits per heavy atom. The van der Waals surface area contributed by atoms with E-state index in [2.05, 4.69) is 15.2 Å². The maximum absolute atomic E-state index is 13.5. The third-order valence-electron chi connectivity index (χ3n) is 5.95. The van der Waals surface area contributed by atoms with Crippen molar-refractivity contribution in [2.24, 2.45) is 5.92 Å². The van der Waals surface area contributed by atoms with E-state index in [0.717, 1.165) is 6.07 Å². The highest BCUT2D eigenvalue weighted by Gasteiger charge is 2.27. The van der Waals surface area contributed by atoms with E-state index in [0.29, 0.717) is 55.4 Å². The number of carbonyl (C=O) groups excluding carboxylic acids is 2. The summed E-state index contributed by atoms with van der Waals surface area (Å²) in [5.74, 6) is -0.897. The van der Waals surface area contributed by atoms with E-state index in [4.69, 9.17) is 0 Å². The van der Waals surface area contributed by atoms with E-state index in [9.17, 15) is 23.6 Å². The van der Waals surface area contributed by atoms with Crippen LogP contribution in [0.4, 0.5) is 10.1 Å². The second-order valence-electron chi connectivity index (χ2n) is 7.86. The summed E-state index contributed by atoms with van der Waals surface area (Å²) in [6.45, 7) is 2.03. The van der Waals surface area contributed by atoms with E-state index in [-0.39, 0.29) is 29.5 Å². The zero-order chi connectivity index (χ0) is 22.7. The lowest BCUT2D eigenvalue weighted by Gasteiger charge is -2.31. The van der Waals surface area contributed by atoms with Crippen molar-refractivity contribution in [3.8, 4) is 0 Å². The molecule has 1 fully saturated rings. The van der Waals surface area contributed by atoms with Gasteiger partial charge in [0.1, 0.15) is 5.82 Å². The number of hydrogen-bond donors (Lipinski definition) is 2. The van der Waals surface area contributed by atoms with Gasteiger partial charge < -0.3 is 15.2 Å². The fraction of sp³-hybridized carbons (Fsp3) is 0.304. The maximum Gasteiger partial charge on any atom is 0.328 e. The molecule has 166 valence electrons. The Labute approximate surface area is 182 Å². The number of rotatable bonds is 7. The number of fused-ring (bicyclic) bond motifs is 1. The second kappa shape index (κ2) is 9.27. The number of piperidine rings is 1. The van der Waals surface area contributed by atoms with Gasteiger partial charge in [0.25, 0.3) is 5.56 Å². The average Bonchev–Trinajstić information content (AvgIpc) is 2.79. The molecule has 1 aliphatic rings. The number of nitrogens with zero attached hydrogens (tertiary/aromatic N) is 2. The number of Topliss-reactive ketones (excluding diaryl/α,β-unsaturated/α-hetero) is 1. The summed E-state index contributed by atoms with van der Waals surface area (Å²) < 4.78 is 14.7. The van der Waals surface area contributed by atoms with Crippen LogP contribution >= 0.6 is 0 Å². The minimum atomic E-state index is -0.528. The smallest absolute Gasteiger partial charge is 0.328 e. The second-order valence-corrected chi connectivity index (χ2v) is 7.86. The van der Waals surface area contributed by atoms with Gasteiger partial charge in [0.15, 0.2) is 5.78 Å². The van der Waals surface area contributed by atoms with E-state index < -0.39 is 11.5 Å². The number of ketones is 1. The van der Waals surface area contributed by atoms with Gasteiger partial charge >= 0.3 is 5.69 Å². The first kappa shape index (κ1) is 21.6. The van der Waals surface area contributed by atoms with Gasteiger partial charge in [0.2, 0.25) is 6.41 Å². The van der Waals surface area contributed by atoms with Crippen molar-refractivity contribution < 1.29 is 14.0 Å². The first-order chi connectivity index (χ1) is 15.5. The summed E-state index contributed by atoms with van der Waals surface area (Å²) in [5, 5.41) is 2.86. The normalized spacial score (nSPS) is 15.0. The standard InChI is InChI=1S/C23H23FN4O4/c24-16-5-6-17(20(13-16)25-14-29)21(30)15-7-9-27(10-8-15)11-12-28-22(31)18-3-1-2-4-19(18)26-23(28)32/h1-6,13-15H,7-12H2,(H,25,29)(H,26,32). The number of benzene rings is 2. The molecule has 8 nitrogen and oxygen atoms in total. The van der Waals surface area contributed by atoms with Crippen LogP contribution in [0.5, 0.6) is 0 Å². The number of carbonyl (C=O) groups is 2. The molecule has 0 unspecified atom stereocenters. The number of halogens is 1. The van der Waals surface area contributed by atoms with E-state index in [1.165, 1.54) is 16.7 Å². The summed E-state index contributed by atoms with van der Waals surface area (Å²) in [6, 6.07) is 10.6. The summed E-state index contributed by atoms with van der Waals surface area (Å²) >= 11 is 0. The Kier molecular flexibility index (Phi) is 6.27. The monoisotopic (exact) mass is 438 g/mol. The number of hydrogen-bond acceptors (Lipinski definition) is 5. The van der Waals surface area contributed by atoms with Crippen molar-refractivity contribution in [2.45, 2.75) is 19.4 Å². The number of H-pyrrole nitrogens is 1. The first-order valence-electron chi connectivity index (χ1n) is 10.5. The molecule has 1 aromatic heterocycles. The largest absolute Gasteiger partial charge is 0.328 e. The SMILES string of the molecule is O=CNc1cc(F)ccc1C(=O)C1CCN(CCn2c(=O)[nH]c3ccccc3c2=O)CC1. The Morgan fingerprint density at radius 2 is 1.88 bits per heavy atom. The van der Waals surface area contributed by atoms with Crippen molar-refractivity contribution in [3.63, 3.8) is 0 Å². The molecule has 0 aliphatic carbocycles. The molecular weight excluding hydrogens is 415 g/mol. The number of anilines is 1. The van der Waals surface area contributed by atoms with Gasteiger partial charge in [-0.05, 0) is 56.3 Å². The highest BCUT2D eigenvalue weighted by atomic mass is 19.1. The molecule has 0 saturated carbocycles. The molecule has 2 N–H and O–H groups in total. The van der Waals surface area contributed by atoms with Crippen LogP contribution in [0, 0.1) is 11.7 Å². The summed E-state index contributed by atoms with van der Waals surface area (Å²) in [6.07, 6.45) is 1.62. The van der Waals surface area contributed by atoms with Crippen molar-refractivity contribution in [2.75, 3.05) is 25.0 Å². The number of aromatic nitrogens is 2. The third-order valence-corrected chi connectivity index (χ3v) is 5.95. The Balaban J connectivity index is 1.39. The predicted molar refractivity (Wildman–Crippen MR) is 118 cm³/mol. The number of amides is 1.